The van der Waals surface area contributed by atoms with Crippen LogP contribution in [0.25, 0.3) is 10.9 Å². The number of benzene rings is 1. The number of fused-ring (bicyclic) bond motifs is 1. The number of aryl methyl sites for hydroxylation is 1. The van der Waals surface area contributed by atoms with Gasteiger partial charge in [0.1, 0.15) is 11.5 Å². The third-order valence-corrected chi connectivity index (χ3v) is 2.72. The molecule has 6 heteroatoms. The minimum atomic E-state index is -0.570. The van der Waals surface area contributed by atoms with Crippen LogP contribution in [0.4, 0.5) is 0 Å². The Labute approximate surface area is 102 Å². The Morgan fingerprint density at radius 1 is 1.33 bits per heavy atom. The van der Waals surface area contributed by atoms with Crippen molar-refractivity contribution in [1.29, 1.82) is 0 Å². The van der Waals surface area contributed by atoms with Crippen LogP contribution in [0.1, 0.15) is 6.92 Å². The lowest BCUT2D eigenvalue weighted by Crippen LogP contribution is -2.40. The molecular formula is C12H12N2O4. The van der Waals surface area contributed by atoms with Gasteiger partial charge in [0.2, 0.25) is 0 Å². The lowest BCUT2D eigenvalue weighted by molar-refractivity contribution is -0.117. The molecule has 1 aromatic heterocycles. The fraction of sp³-hybridized carbons (Fsp3) is 0.250. The molecule has 2 rings (SSSR count). The van der Waals surface area contributed by atoms with E-state index in [0.29, 0.717) is 5.52 Å². The zero-order chi connectivity index (χ0) is 13.4. The normalized spacial score (nSPS) is 10.8. The Morgan fingerprint density at radius 2 is 2.00 bits per heavy atom. The number of aromatic nitrogens is 2. The summed E-state index contributed by atoms with van der Waals surface area (Å²) in [6.45, 7) is 1.04. The molecule has 0 bridgehead atoms. The van der Waals surface area contributed by atoms with E-state index in [2.05, 4.69) is 0 Å². The Balaban J connectivity index is 2.93. The first-order chi connectivity index (χ1) is 8.41. The molecule has 6 nitrogen and oxygen atoms in total. The van der Waals surface area contributed by atoms with Gasteiger partial charge in [-0.05, 0) is 25.1 Å². The van der Waals surface area contributed by atoms with Gasteiger partial charge >= 0.3 is 5.69 Å². The molecule has 2 aromatic rings. The molecule has 94 valence electrons. The van der Waals surface area contributed by atoms with Crippen LogP contribution in [0.2, 0.25) is 0 Å². The van der Waals surface area contributed by atoms with Crippen LogP contribution in [-0.4, -0.2) is 20.0 Å². The van der Waals surface area contributed by atoms with E-state index >= 15 is 0 Å². The number of hydrogen-bond donors (Lipinski definition) is 1. The zero-order valence-electron chi connectivity index (χ0n) is 10.0. The minimum Gasteiger partial charge on any atom is -0.508 e. The lowest BCUT2D eigenvalue weighted by Gasteiger charge is -2.09. The molecule has 1 heterocycles. The number of aromatic hydroxyl groups is 1. The summed E-state index contributed by atoms with van der Waals surface area (Å²) in [4.78, 5) is 35.1. The zero-order valence-corrected chi connectivity index (χ0v) is 10.0. The molecule has 0 aliphatic carbocycles. The van der Waals surface area contributed by atoms with Crippen molar-refractivity contribution < 1.29 is 9.90 Å². The fourth-order valence-corrected chi connectivity index (χ4v) is 1.87. The number of phenols is 1. The second-order valence-electron chi connectivity index (χ2n) is 4.14. The van der Waals surface area contributed by atoms with Crippen molar-refractivity contribution in [2.75, 3.05) is 0 Å². The van der Waals surface area contributed by atoms with E-state index in [1.165, 1.54) is 36.7 Å². The molecule has 0 aliphatic rings. The molecule has 0 radical (unpaired) electrons. The highest BCUT2D eigenvalue weighted by Gasteiger charge is 2.12. The molecule has 1 aromatic carbocycles. The van der Waals surface area contributed by atoms with E-state index in [4.69, 9.17) is 0 Å². The second-order valence-corrected chi connectivity index (χ2v) is 4.14. The van der Waals surface area contributed by atoms with Gasteiger partial charge in [-0.15, -0.1) is 0 Å². The lowest BCUT2D eigenvalue weighted by atomic mass is 10.2. The van der Waals surface area contributed by atoms with Crippen molar-refractivity contribution in [3.63, 3.8) is 0 Å². The molecule has 0 amide bonds. The van der Waals surface area contributed by atoms with Crippen molar-refractivity contribution in [1.82, 2.24) is 9.13 Å². The third kappa shape index (κ3) is 1.81. The van der Waals surface area contributed by atoms with Gasteiger partial charge < -0.3 is 5.11 Å². The van der Waals surface area contributed by atoms with Gasteiger partial charge in [0.05, 0.1) is 17.4 Å². The summed E-state index contributed by atoms with van der Waals surface area (Å²) in [6, 6.07) is 4.18. The smallest absolute Gasteiger partial charge is 0.331 e. The molecular weight excluding hydrogens is 236 g/mol. The van der Waals surface area contributed by atoms with Crippen molar-refractivity contribution in [2.24, 2.45) is 7.05 Å². The maximum Gasteiger partial charge on any atom is 0.331 e. The summed E-state index contributed by atoms with van der Waals surface area (Å²) in [5.74, 6) is -0.346. The Hall–Kier alpha value is -2.37. The summed E-state index contributed by atoms with van der Waals surface area (Å²) in [6.07, 6.45) is 0. The number of rotatable bonds is 2. The van der Waals surface area contributed by atoms with E-state index in [-0.39, 0.29) is 23.5 Å². The van der Waals surface area contributed by atoms with Gasteiger partial charge in [0.15, 0.2) is 0 Å². The summed E-state index contributed by atoms with van der Waals surface area (Å²) >= 11 is 0. The predicted molar refractivity (Wildman–Crippen MR) is 65.8 cm³/mol. The van der Waals surface area contributed by atoms with Crippen LogP contribution in [-0.2, 0) is 18.4 Å². The molecule has 0 spiro atoms. The van der Waals surface area contributed by atoms with Gasteiger partial charge in [-0.1, -0.05) is 0 Å². The molecule has 0 saturated heterocycles. The molecule has 18 heavy (non-hydrogen) atoms. The summed E-state index contributed by atoms with van der Waals surface area (Å²) < 4.78 is 2.14. The number of phenolic OH excluding ortho intramolecular Hbond substituents is 1. The van der Waals surface area contributed by atoms with E-state index in [0.717, 1.165) is 4.57 Å². The highest BCUT2D eigenvalue weighted by atomic mass is 16.3. The first kappa shape index (κ1) is 12.1. The second kappa shape index (κ2) is 4.14. The Morgan fingerprint density at radius 3 is 2.61 bits per heavy atom. The van der Waals surface area contributed by atoms with E-state index in [1.54, 1.807) is 0 Å². The first-order valence-corrected chi connectivity index (χ1v) is 5.34. The quantitative estimate of drug-likeness (QED) is 0.810. The standard InChI is InChI=1S/C12H12N2O4/c1-7(15)6-14-11(17)9-5-8(16)3-4-10(9)13(2)12(14)18/h3-5,16H,6H2,1-2H3. The monoisotopic (exact) mass is 248 g/mol. The summed E-state index contributed by atoms with van der Waals surface area (Å²) in [7, 11) is 1.51. The van der Waals surface area contributed by atoms with Gasteiger partial charge in [-0.3, -0.25) is 18.7 Å². The number of nitrogens with zero attached hydrogens (tertiary/aromatic N) is 2. The molecule has 1 N–H and O–H groups in total. The average Bonchev–Trinajstić information content (AvgIpc) is 2.31. The number of ketones is 1. The van der Waals surface area contributed by atoms with Crippen LogP contribution in [0.15, 0.2) is 27.8 Å². The summed E-state index contributed by atoms with van der Waals surface area (Å²) in [5.41, 5.74) is -0.699. The predicted octanol–water partition coefficient (Wildman–Crippen LogP) is -0.00520. The van der Waals surface area contributed by atoms with E-state index in [9.17, 15) is 19.5 Å². The van der Waals surface area contributed by atoms with E-state index in [1.807, 2.05) is 0 Å². The van der Waals surface area contributed by atoms with Crippen molar-refractivity contribution >= 4 is 16.7 Å². The number of carbonyl (C=O) groups excluding carboxylic acids is 1. The number of hydrogen-bond acceptors (Lipinski definition) is 4. The van der Waals surface area contributed by atoms with Gasteiger partial charge in [0, 0.05) is 7.05 Å². The Bertz CT molecular complexity index is 755. The maximum absolute atomic E-state index is 12.1. The van der Waals surface area contributed by atoms with E-state index < -0.39 is 11.2 Å². The van der Waals surface area contributed by atoms with Gasteiger partial charge in [0.25, 0.3) is 5.56 Å². The molecule has 0 atom stereocenters. The molecule has 0 unspecified atom stereocenters. The van der Waals surface area contributed by atoms with Crippen LogP contribution in [0.5, 0.6) is 5.75 Å². The van der Waals surface area contributed by atoms with Crippen LogP contribution >= 0.6 is 0 Å². The van der Waals surface area contributed by atoms with Crippen molar-refractivity contribution in [2.45, 2.75) is 13.5 Å². The number of Topliss-reactive ketones (excluding diaryl/α,β-unsaturated/α-hetero) is 1. The van der Waals surface area contributed by atoms with Crippen LogP contribution in [0, 0.1) is 0 Å². The molecule has 0 fully saturated rings. The number of carbonyl (C=O) groups is 1. The minimum absolute atomic E-state index is 0.0624. The van der Waals surface area contributed by atoms with Crippen LogP contribution in [0.3, 0.4) is 0 Å². The van der Waals surface area contributed by atoms with Crippen molar-refractivity contribution in [3.8, 4) is 5.75 Å². The highest BCUT2D eigenvalue weighted by Crippen LogP contribution is 2.14. The van der Waals surface area contributed by atoms with Gasteiger partial charge in [-0.2, -0.15) is 0 Å². The largest absolute Gasteiger partial charge is 0.508 e. The van der Waals surface area contributed by atoms with Crippen molar-refractivity contribution in [3.05, 3.63) is 39.0 Å². The average molecular weight is 248 g/mol. The third-order valence-electron chi connectivity index (χ3n) is 2.72. The topological polar surface area (TPSA) is 81.3 Å². The van der Waals surface area contributed by atoms with Crippen LogP contribution < -0.4 is 11.2 Å². The molecule has 0 aliphatic heterocycles. The first-order valence-electron chi connectivity index (χ1n) is 5.34. The maximum atomic E-state index is 12.1. The fourth-order valence-electron chi connectivity index (χ4n) is 1.87. The van der Waals surface area contributed by atoms with Gasteiger partial charge in [-0.25, -0.2) is 4.79 Å². The summed E-state index contributed by atoms with van der Waals surface area (Å²) in [5, 5.41) is 9.59. The SMILES string of the molecule is CC(=O)Cn1c(=O)c2cc(O)ccc2n(C)c1=O. The Kier molecular flexibility index (Phi) is 2.78. The molecule has 0 saturated carbocycles. The highest BCUT2D eigenvalue weighted by molar-refractivity contribution is 5.80.